The highest BCUT2D eigenvalue weighted by molar-refractivity contribution is 6.42. The molecule has 1 aromatic heterocycles. The molecule has 7 heteroatoms. The lowest BCUT2D eigenvalue weighted by atomic mass is 10.2. The van der Waals surface area contributed by atoms with Crippen molar-refractivity contribution >= 4 is 34.9 Å². The number of aromatic nitrogens is 2. The molecule has 1 heterocycles. The van der Waals surface area contributed by atoms with Crippen LogP contribution in [-0.2, 0) is 6.42 Å². The van der Waals surface area contributed by atoms with E-state index in [-0.39, 0.29) is 5.56 Å². The molecule has 25 heavy (non-hydrogen) atoms. The van der Waals surface area contributed by atoms with Gasteiger partial charge in [-0.05, 0) is 42.8 Å². The summed E-state index contributed by atoms with van der Waals surface area (Å²) in [6, 6.07) is 12.4. The minimum Gasteiger partial charge on any atom is -0.305 e. The highest BCUT2D eigenvalue weighted by atomic mass is 35.5. The summed E-state index contributed by atoms with van der Waals surface area (Å²) in [5.41, 5.74) is 1.84. The second-order valence-electron chi connectivity index (χ2n) is 5.35. The third kappa shape index (κ3) is 3.83. The number of benzene rings is 2. The summed E-state index contributed by atoms with van der Waals surface area (Å²) in [4.78, 5) is 12.2. The predicted octanol–water partition coefficient (Wildman–Crippen LogP) is 5.13. The van der Waals surface area contributed by atoms with Gasteiger partial charge < -0.3 is 5.32 Å². The van der Waals surface area contributed by atoms with Gasteiger partial charge in [0, 0.05) is 17.3 Å². The first-order valence-corrected chi connectivity index (χ1v) is 8.35. The zero-order chi connectivity index (χ0) is 18.0. The number of nitrogens with one attached hydrogen (secondary N) is 1. The molecule has 1 N–H and O–H groups in total. The van der Waals surface area contributed by atoms with Crippen molar-refractivity contribution in [3.8, 4) is 5.69 Å². The molecule has 1 amide bonds. The molecule has 0 saturated heterocycles. The first-order chi connectivity index (χ1) is 12.0. The van der Waals surface area contributed by atoms with Gasteiger partial charge in [0.05, 0.1) is 15.7 Å². The van der Waals surface area contributed by atoms with E-state index in [9.17, 15) is 9.18 Å². The Morgan fingerprint density at radius 3 is 2.64 bits per heavy atom. The summed E-state index contributed by atoms with van der Waals surface area (Å²) < 4.78 is 14.9. The smallest absolute Gasteiger partial charge is 0.256 e. The van der Waals surface area contributed by atoms with Gasteiger partial charge in [-0.15, -0.1) is 5.10 Å². The Bertz CT molecular complexity index is 940. The molecule has 0 atom stereocenters. The van der Waals surface area contributed by atoms with Crippen LogP contribution in [-0.4, -0.2) is 15.7 Å². The van der Waals surface area contributed by atoms with Crippen LogP contribution in [0.25, 0.3) is 5.69 Å². The normalized spacial score (nSPS) is 10.7. The second kappa shape index (κ2) is 7.25. The number of halogens is 3. The van der Waals surface area contributed by atoms with Gasteiger partial charge in [0.15, 0.2) is 5.82 Å². The quantitative estimate of drug-likeness (QED) is 0.684. The van der Waals surface area contributed by atoms with Crippen LogP contribution in [0.1, 0.15) is 23.0 Å². The molecular formula is C18H14Cl2FN3O. The maximum Gasteiger partial charge on any atom is 0.256 e. The van der Waals surface area contributed by atoms with E-state index in [1.54, 1.807) is 28.9 Å². The molecular weight excluding hydrogens is 364 g/mol. The monoisotopic (exact) mass is 377 g/mol. The molecule has 0 saturated carbocycles. The van der Waals surface area contributed by atoms with Gasteiger partial charge in [0.25, 0.3) is 5.91 Å². The fourth-order valence-corrected chi connectivity index (χ4v) is 2.68. The molecule has 0 aliphatic carbocycles. The zero-order valence-corrected chi connectivity index (χ0v) is 14.8. The maximum absolute atomic E-state index is 13.3. The molecule has 0 aliphatic rings. The second-order valence-corrected chi connectivity index (χ2v) is 6.16. The number of aryl methyl sites for hydroxylation is 1. The van der Waals surface area contributed by atoms with Crippen molar-refractivity contribution in [2.45, 2.75) is 13.3 Å². The van der Waals surface area contributed by atoms with Gasteiger partial charge in [-0.25, -0.2) is 9.07 Å². The molecule has 3 aromatic rings. The number of carbonyl (C=O) groups excluding carboxylic acids is 1. The summed E-state index contributed by atoms with van der Waals surface area (Å²) in [6.45, 7) is 1.98. The number of anilines is 1. The van der Waals surface area contributed by atoms with E-state index in [1.165, 1.54) is 24.3 Å². The molecule has 0 radical (unpaired) electrons. The lowest BCUT2D eigenvalue weighted by Crippen LogP contribution is -2.12. The van der Waals surface area contributed by atoms with Crippen molar-refractivity contribution in [3.05, 3.63) is 75.7 Å². The van der Waals surface area contributed by atoms with E-state index in [0.29, 0.717) is 22.3 Å². The van der Waals surface area contributed by atoms with Crippen LogP contribution in [0.15, 0.2) is 48.5 Å². The van der Waals surface area contributed by atoms with E-state index >= 15 is 0 Å². The van der Waals surface area contributed by atoms with Crippen molar-refractivity contribution in [3.63, 3.8) is 0 Å². The first kappa shape index (κ1) is 17.5. The van der Waals surface area contributed by atoms with Gasteiger partial charge >= 0.3 is 0 Å². The number of nitrogens with zero attached hydrogens (tertiary/aromatic N) is 2. The van der Waals surface area contributed by atoms with Gasteiger partial charge in [0.1, 0.15) is 5.82 Å². The zero-order valence-electron chi connectivity index (χ0n) is 13.3. The van der Waals surface area contributed by atoms with Crippen LogP contribution >= 0.6 is 23.2 Å². The molecule has 0 unspecified atom stereocenters. The van der Waals surface area contributed by atoms with Gasteiger partial charge in [-0.2, -0.15) is 0 Å². The van der Waals surface area contributed by atoms with Crippen molar-refractivity contribution in [2.24, 2.45) is 0 Å². The minimum absolute atomic E-state index is 0.224. The Kier molecular flexibility index (Phi) is 5.06. The van der Waals surface area contributed by atoms with Gasteiger partial charge in [0.2, 0.25) is 0 Å². The van der Waals surface area contributed by atoms with Crippen LogP contribution in [0.3, 0.4) is 0 Å². The molecule has 0 aliphatic heterocycles. The van der Waals surface area contributed by atoms with E-state index in [2.05, 4.69) is 10.4 Å². The first-order valence-electron chi connectivity index (χ1n) is 7.59. The fourth-order valence-electron chi connectivity index (χ4n) is 2.39. The lowest BCUT2D eigenvalue weighted by Gasteiger charge is -2.07. The molecule has 4 nitrogen and oxygen atoms in total. The third-order valence-corrected chi connectivity index (χ3v) is 4.36. The van der Waals surface area contributed by atoms with Crippen LogP contribution in [0, 0.1) is 5.82 Å². The highest BCUT2D eigenvalue weighted by Crippen LogP contribution is 2.26. The summed E-state index contributed by atoms with van der Waals surface area (Å²) in [6.07, 6.45) is 0.698. The Labute approximate surface area is 154 Å². The molecule has 0 spiro atoms. The van der Waals surface area contributed by atoms with Gasteiger partial charge in [-0.3, -0.25) is 4.79 Å². The maximum atomic E-state index is 13.3. The average Bonchev–Trinajstić information content (AvgIpc) is 3.00. The fraction of sp³-hybridized carbons (Fsp3) is 0.111. The van der Waals surface area contributed by atoms with Crippen molar-refractivity contribution in [1.29, 1.82) is 0 Å². The number of hydrogen-bond acceptors (Lipinski definition) is 2. The summed E-state index contributed by atoms with van der Waals surface area (Å²) in [5, 5.41) is 7.95. The van der Waals surface area contributed by atoms with Crippen molar-refractivity contribution in [2.75, 3.05) is 5.32 Å². The number of hydrogen-bond donors (Lipinski definition) is 1. The van der Waals surface area contributed by atoms with Crippen LogP contribution in [0.5, 0.6) is 0 Å². The summed E-state index contributed by atoms with van der Waals surface area (Å²) in [5.74, 6) is -0.527. The van der Waals surface area contributed by atoms with E-state index in [4.69, 9.17) is 23.2 Å². The molecule has 0 bridgehead atoms. The van der Waals surface area contributed by atoms with Crippen LogP contribution in [0.4, 0.5) is 10.2 Å². The highest BCUT2D eigenvalue weighted by Gasteiger charge is 2.13. The molecule has 0 fully saturated rings. The number of amides is 1. The molecule has 3 rings (SSSR count). The van der Waals surface area contributed by atoms with Crippen LogP contribution < -0.4 is 5.32 Å². The number of rotatable bonds is 4. The SMILES string of the molecule is CCc1cc(NC(=O)c2cccc(F)c2)nn1-c1ccc(Cl)c(Cl)c1. The Morgan fingerprint density at radius 2 is 1.96 bits per heavy atom. The Balaban J connectivity index is 1.90. The Hall–Kier alpha value is -2.37. The summed E-state index contributed by atoms with van der Waals surface area (Å²) in [7, 11) is 0. The Morgan fingerprint density at radius 1 is 1.16 bits per heavy atom. The molecule has 2 aromatic carbocycles. The molecule has 128 valence electrons. The largest absolute Gasteiger partial charge is 0.305 e. The van der Waals surface area contributed by atoms with Crippen molar-refractivity contribution < 1.29 is 9.18 Å². The van der Waals surface area contributed by atoms with Gasteiger partial charge in [-0.1, -0.05) is 36.2 Å². The average molecular weight is 378 g/mol. The van der Waals surface area contributed by atoms with Crippen LogP contribution in [0.2, 0.25) is 10.0 Å². The standard InChI is InChI=1S/C18H14Cl2FN3O/c1-2-13-10-17(22-18(25)11-4-3-5-12(21)8-11)23-24(13)14-6-7-15(19)16(20)9-14/h3-10H,2H2,1H3,(H,22,23,25). The lowest BCUT2D eigenvalue weighted by molar-refractivity contribution is 0.102. The third-order valence-electron chi connectivity index (χ3n) is 3.62. The van der Waals surface area contributed by atoms with E-state index in [1.807, 2.05) is 6.92 Å². The summed E-state index contributed by atoms with van der Waals surface area (Å²) >= 11 is 12.0. The van der Waals surface area contributed by atoms with E-state index in [0.717, 1.165) is 11.4 Å². The predicted molar refractivity (Wildman–Crippen MR) is 97.3 cm³/mol. The topological polar surface area (TPSA) is 46.9 Å². The van der Waals surface area contributed by atoms with E-state index < -0.39 is 11.7 Å². The van der Waals surface area contributed by atoms with Crippen molar-refractivity contribution in [1.82, 2.24) is 9.78 Å². The number of carbonyl (C=O) groups is 1. The minimum atomic E-state index is -0.469.